The minimum atomic E-state index is 0.0760. The number of nitrogens with zero attached hydrogens (tertiary/aromatic N) is 4. The van der Waals surface area contributed by atoms with Crippen LogP contribution in [0.4, 0.5) is 0 Å². The third kappa shape index (κ3) is 4.46. The Kier molecular flexibility index (Phi) is 6.85. The van der Waals surface area contributed by atoms with Crippen LogP contribution in [-0.2, 0) is 12.8 Å². The van der Waals surface area contributed by atoms with Crippen LogP contribution in [0.2, 0.25) is 0 Å². The summed E-state index contributed by atoms with van der Waals surface area (Å²) in [5, 5.41) is 12.8. The lowest BCUT2D eigenvalue weighted by atomic mass is 9.83. The van der Waals surface area contributed by atoms with Gasteiger partial charge in [-0.15, -0.1) is 0 Å². The van der Waals surface area contributed by atoms with Crippen LogP contribution in [0.3, 0.4) is 0 Å². The molecule has 0 radical (unpaired) electrons. The fourth-order valence-corrected chi connectivity index (χ4v) is 7.90. The van der Waals surface area contributed by atoms with Crippen molar-refractivity contribution in [3.63, 3.8) is 0 Å². The van der Waals surface area contributed by atoms with Crippen LogP contribution in [0.1, 0.15) is 22.3 Å². The number of nitrogens with one attached hydrogen (secondary N) is 1. The Morgan fingerprint density at radius 1 is 0.680 bits per heavy atom. The molecule has 6 nitrogen and oxygen atoms in total. The number of benzene rings is 6. The van der Waals surface area contributed by atoms with Crippen molar-refractivity contribution in [3.05, 3.63) is 156 Å². The molecule has 6 aromatic carbocycles. The first kappa shape index (κ1) is 29.6. The molecule has 0 fully saturated rings. The molecule has 1 aliphatic carbocycles. The van der Waals surface area contributed by atoms with E-state index in [0.29, 0.717) is 5.84 Å². The predicted molar refractivity (Wildman–Crippen MR) is 210 cm³/mol. The zero-order valence-electron chi connectivity index (χ0n) is 27.7. The molecule has 6 heteroatoms. The number of fused-ring (bicyclic) bond motifs is 10. The molecule has 0 unspecified atom stereocenters. The summed E-state index contributed by atoms with van der Waals surface area (Å²) in [5.74, 6) is 0.750. The molecule has 1 aliphatic rings. The number of allylic oxidation sites excluding steroid dienone is 1. The molecule has 0 bridgehead atoms. The third-order valence-electron chi connectivity index (χ3n) is 10.1. The summed E-state index contributed by atoms with van der Waals surface area (Å²) in [6.45, 7) is 3.78. The topological polar surface area (TPSA) is 84.4 Å². The standard InChI is InChI=1S/C44H34N6/c1-3-22-48-44(47-2)29-16-21-39-37(25-29)38-23-27-14-17-33-32(35(27)26-41(38)49(39)30-10-6-4-7-11-30)18-19-34-36-24-28(43(45)46)15-20-40(36)50(42(33)34)31-12-8-5-9-13-31/h3-13,15-16,18-26H,1,14,17H2,2H3,(H3,45,46). The number of aromatic nitrogens is 2. The fourth-order valence-electron chi connectivity index (χ4n) is 7.90. The highest BCUT2D eigenvalue weighted by atomic mass is 15.0. The van der Waals surface area contributed by atoms with Gasteiger partial charge in [-0.05, 0) is 108 Å². The van der Waals surface area contributed by atoms with Crippen LogP contribution in [0.15, 0.2) is 144 Å². The van der Waals surface area contributed by atoms with E-state index in [9.17, 15) is 0 Å². The van der Waals surface area contributed by atoms with Crippen LogP contribution >= 0.6 is 0 Å². The predicted octanol–water partition coefficient (Wildman–Crippen LogP) is 9.56. The summed E-state index contributed by atoms with van der Waals surface area (Å²) in [7, 11) is 1.78. The number of para-hydroxylation sites is 2. The van der Waals surface area contributed by atoms with Gasteiger partial charge in [0.2, 0.25) is 0 Å². The molecule has 0 saturated carbocycles. The van der Waals surface area contributed by atoms with E-state index in [1.807, 2.05) is 6.07 Å². The van der Waals surface area contributed by atoms with E-state index in [4.69, 9.17) is 11.1 Å². The van der Waals surface area contributed by atoms with E-state index < -0.39 is 0 Å². The van der Waals surface area contributed by atoms with Gasteiger partial charge in [0.25, 0.3) is 0 Å². The van der Waals surface area contributed by atoms with Gasteiger partial charge in [-0.2, -0.15) is 0 Å². The molecule has 0 amide bonds. The van der Waals surface area contributed by atoms with E-state index in [1.165, 1.54) is 43.9 Å². The van der Waals surface area contributed by atoms with Crippen molar-refractivity contribution >= 4 is 61.5 Å². The zero-order chi connectivity index (χ0) is 33.9. The molecule has 0 atom stereocenters. The molecule has 2 heterocycles. The van der Waals surface area contributed by atoms with Crippen molar-refractivity contribution in [1.82, 2.24) is 9.13 Å². The molecule has 0 aliphatic heterocycles. The normalized spacial score (nSPS) is 13.0. The average Bonchev–Trinajstić information content (AvgIpc) is 3.66. The van der Waals surface area contributed by atoms with Crippen molar-refractivity contribution in [2.75, 3.05) is 7.05 Å². The highest BCUT2D eigenvalue weighted by Gasteiger charge is 2.25. The van der Waals surface area contributed by atoms with Gasteiger partial charge in [0.15, 0.2) is 5.84 Å². The summed E-state index contributed by atoms with van der Waals surface area (Å²) < 4.78 is 4.77. The Balaban J connectivity index is 1.34. The maximum absolute atomic E-state index is 8.13. The summed E-state index contributed by atoms with van der Waals surface area (Å²) in [6, 6.07) is 43.2. The number of amidine groups is 2. The van der Waals surface area contributed by atoms with Crippen LogP contribution in [0.5, 0.6) is 0 Å². The molecule has 9 rings (SSSR count). The number of rotatable bonds is 5. The number of nitrogens with two attached hydrogens (primary N) is 1. The molecule has 0 spiro atoms. The van der Waals surface area contributed by atoms with Crippen LogP contribution in [0.25, 0.3) is 66.1 Å². The first-order chi connectivity index (χ1) is 24.6. The summed E-state index contributed by atoms with van der Waals surface area (Å²) in [6.07, 6.45) is 5.20. The molecule has 3 N–H and O–H groups in total. The molecule has 0 saturated heterocycles. The van der Waals surface area contributed by atoms with Gasteiger partial charge < -0.3 is 14.9 Å². The minimum Gasteiger partial charge on any atom is -0.384 e. The lowest BCUT2D eigenvalue weighted by Crippen LogP contribution is -2.10. The fraction of sp³-hybridized carbons (Fsp3) is 0.0682. The van der Waals surface area contributed by atoms with Crippen LogP contribution in [-0.4, -0.2) is 34.1 Å². The highest BCUT2D eigenvalue weighted by Crippen LogP contribution is 2.45. The van der Waals surface area contributed by atoms with E-state index in [0.717, 1.165) is 57.3 Å². The Morgan fingerprint density at radius 3 is 2.02 bits per heavy atom. The van der Waals surface area contributed by atoms with Crippen molar-refractivity contribution in [2.24, 2.45) is 15.7 Å². The van der Waals surface area contributed by atoms with Crippen molar-refractivity contribution in [1.29, 1.82) is 5.41 Å². The Labute approximate surface area is 289 Å². The third-order valence-corrected chi connectivity index (χ3v) is 10.1. The van der Waals surface area contributed by atoms with Crippen LogP contribution < -0.4 is 5.73 Å². The van der Waals surface area contributed by atoms with Crippen molar-refractivity contribution in [3.8, 4) is 22.5 Å². The van der Waals surface area contributed by atoms with Gasteiger partial charge in [-0.1, -0.05) is 61.2 Å². The maximum atomic E-state index is 8.13. The van der Waals surface area contributed by atoms with Gasteiger partial charge in [-0.3, -0.25) is 10.4 Å². The van der Waals surface area contributed by atoms with E-state index >= 15 is 0 Å². The van der Waals surface area contributed by atoms with Gasteiger partial charge in [-0.25, -0.2) is 4.99 Å². The first-order valence-electron chi connectivity index (χ1n) is 16.8. The smallest absolute Gasteiger partial charge is 0.154 e. The number of nitrogen functional groups attached to an aromatic ring is 1. The quantitative estimate of drug-likeness (QED) is 0.142. The zero-order valence-corrected chi connectivity index (χ0v) is 27.7. The van der Waals surface area contributed by atoms with Crippen molar-refractivity contribution < 1.29 is 0 Å². The SMILES string of the molecule is C=CC=NC(=NC)c1ccc2c(c1)c1cc3c(cc1n2-c1ccccc1)-c1ccc2c4cc(C(=N)N)ccc4n(-c4ccccc4)c2c1CC3. The van der Waals surface area contributed by atoms with Crippen LogP contribution in [0, 0.1) is 5.41 Å². The number of aliphatic imine (C=N–C) groups is 2. The minimum absolute atomic E-state index is 0.0760. The Hall–Kier alpha value is -6.53. The number of aryl methyl sites for hydroxylation is 2. The molecular formula is C44H34N6. The molecule has 8 aromatic rings. The summed E-state index contributed by atoms with van der Waals surface area (Å²) in [5.41, 5.74) is 19.7. The highest BCUT2D eigenvalue weighted by molar-refractivity contribution is 6.16. The van der Waals surface area contributed by atoms with Crippen molar-refractivity contribution in [2.45, 2.75) is 12.8 Å². The second kappa shape index (κ2) is 11.6. The van der Waals surface area contributed by atoms with Gasteiger partial charge >= 0.3 is 0 Å². The molecule has 2 aromatic heterocycles. The molecule has 240 valence electrons. The molecular weight excluding hydrogens is 613 g/mol. The van der Waals surface area contributed by atoms with E-state index in [1.54, 1.807) is 19.3 Å². The second-order valence-electron chi connectivity index (χ2n) is 12.8. The maximum Gasteiger partial charge on any atom is 0.154 e. The largest absolute Gasteiger partial charge is 0.384 e. The first-order valence-corrected chi connectivity index (χ1v) is 16.8. The van der Waals surface area contributed by atoms with Gasteiger partial charge in [0, 0.05) is 57.3 Å². The monoisotopic (exact) mass is 646 g/mol. The van der Waals surface area contributed by atoms with E-state index in [2.05, 4.69) is 141 Å². The summed E-state index contributed by atoms with van der Waals surface area (Å²) >= 11 is 0. The van der Waals surface area contributed by atoms with Gasteiger partial charge in [0.1, 0.15) is 5.84 Å². The lowest BCUT2D eigenvalue weighted by molar-refractivity contribution is 0.944. The van der Waals surface area contributed by atoms with Gasteiger partial charge in [0.05, 0.1) is 22.1 Å². The molecule has 50 heavy (non-hydrogen) atoms. The number of hydrogen-bond donors (Lipinski definition) is 2. The second-order valence-corrected chi connectivity index (χ2v) is 12.8. The van der Waals surface area contributed by atoms with E-state index in [-0.39, 0.29) is 5.84 Å². The average molecular weight is 647 g/mol. The number of hydrogen-bond acceptors (Lipinski definition) is 2. The Morgan fingerprint density at radius 2 is 1.32 bits per heavy atom. The lowest BCUT2D eigenvalue weighted by Gasteiger charge is -2.23. The summed E-state index contributed by atoms with van der Waals surface area (Å²) in [4.78, 5) is 9.01. The Bertz CT molecular complexity index is 2740.